The Balaban J connectivity index is 2.52. The normalized spacial score (nSPS) is 21.9. The molecule has 0 amide bonds. The van der Waals surface area contributed by atoms with E-state index in [1.807, 2.05) is 0 Å². The average Bonchev–Trinajstić information content (AvgIpc) is 2.81. The number of ether oxygens (including phenoxy) is 2. The van der Waals surface area contributed by atoms with Crippen LogP contribution in [0.25, 0.3) is 0 Å². The van der Waals surface area contributed by atoms with Gasteiger partial charge in [0.2, 0.25) is 6.79 Å². The summed E-state index contributed by atoms with van der Waals surface area (Å²) >= 11 is 0. The molecular formula is C11H15NO2. The number of rotatable bonds is 3. The second kappa shape index (κ2) is 3.88. The summed E-state index contributed by atoms with van der Waals surface area (Å²) in [5, 5.41) is 2.80. The molecule has 1 aromatic rings. The first-order valence-electron chi connectivity index (χ1n) is 6.44. The number of fused-ring (bicyclic) bond motifs is 1. The molecule has 0 bridgehead atoms. The predicted molar refractivity (Wildman–Crippen MR) is 54.8 cm³/mol. The van der Waals surface area contributed by atoms with Crippen molar-refractivity contribution in [1.29, 1.82) is 0 Å². The highest BCUT2D eigenvalue weighted by Crippen LogP contribution is 2.32. The standard InChI is InChI=1S/C11H15NO2/c1-8(12-2)5-9-3-4-10-11(6-9)14-7-13-10/h3-4,6,8,12H,5,7H2,1-2H3/i3D,4D,6D,8D. The van der Waals surface area contributed by atoms with E-state index in [9.17, 15) is 0 Å². The van der Waals surface area contributed by atoms with E-state index in [1.54, 1.807) is 14.0 Å². The van der Waals surface area contributed by atoms with E-state index in [2.05, 4.69) is 5.32 Å². The van der Waals surface area contributed by atoms with Crippen molar-refractivity contribution >= 4 is 0 Å². The van der Waals surface area contributed by atoms with Gasteiger partial charge in [0, 0.05) is 7.39 Å². The highest BCUT2D eigenvalue weighted by Gasteiger charge is 2.13. The van der Waals surface area contributed by atoms with Crippen molar-refractivity contribution < 1.29 is 15.0 Å². The van der Waals surface area contributed by atoms with Gasteiger partial charge in [-0.3, -0.25) is 0 Å². The smallest absolute Gasteiger partial charge is 0.231 e. The van der Waals surface area contributed by atoms with Gasteiger partial charge in [-0.2, -0.15) is 0 Å². The molecule has 3 nitrogen and oxygen atoms in total. The Morgan fingerprint density at radius 3 is 3.14 bits per heavy atom. The monoisotopic (exact) mass is 197 g/mol. The third kappa shape index (κ3) is 1.82. The highest BCUT2D eigenvalue weighted by molar-refractivity contribution is 5.44. The van der Waals surface area contributed by atoms with Crippen molar-refractivity contribution in [2.45, 2.75) is 19.4 Å². The van der Waals surface area contributed by atoms with Gasteiger partial charge >= 0.3 is 0 Å². The summed E-state index contributed by atoms with van der Waals surface area (Å²) in [7, 11) is 1.65. The van der Waals surface area contributed by atoms with Crippen LogP contribution in [0, 0.1) is 0 Å². The lowest BCUT2D eigenvalue weighted by Gasteiger charge is -2.09. The number of nitrogens with one attached hydrogen (secondary N) is 1. The first kappa shape index (κ1) is 5.61. The van der Waals surface area contributed by atoms with E-state index in [0.29, 0.717) is 5.56 Å². The fourth-order valence-corrected chi connectivity index (χ4v) is 1.21. The molecule has 0 saturated carbocycles. The minimum Gasteiger partial charge on any atom is -0.454 e. The zero-order chi connectivity index (χ0) is 13.5. The number of hydrogen-bond donors (Lipinski definition) is 1. The van der Waals surface area contributed by atoms with Crippen LogP contribution in [0.5, 0.6) is 11.5 Å². The van der Waals surface area contributed by atoms with Crippen molar-refractivity contribution in [1.82, 2.24) is 5.32 Å². The number of hydrogen-bond acceptors (Lipinski definition) is 3. The van der Waals surface area contributed by atoms with E-state index in [-0.39, 0.29) is 42.8 Å². The Labute approximate surface area is 89.6 Å². The molecule has 0 aromatic heterocycles. The number of benzene rings is 1. The van der Waals surface area contributed by atoms with Crippen LogP contribution in [0.1, 0.15) is 18.0 Å². The van der Waals surface area contributed by atoms with Crippen LogP contribution < -0.4 is 14.8 Å². The van der Waals surface area contributed by atoms with Crippen molar-refractivity contribution in [3.05, 3.63) is 23.7 Å². The fourth-order valence-electron chi connectivity index (χ4n) is 1.21. The van der Waals surface area contributed by atoms with Crippen LogP contribution in [-0.2, 0) is 6.42 Å². The van der Waals surface area contributed by atoms with Gasteiger partial charge in [0.1, 0.15) is 0 Å². The lowest BCUT2D eigenvalue weighted by molar-refractivity contribution is 0.174. The summed E-state index contributed by atoms with van der Waals surface area (Å²) in [6.45, 7) is 1.63. The Morgan fingerprint density at radius 2 is 2.36 bits per heavy atom. The van der Waals surface area contributed by atoms with Gasteiger partial charge in [-0.15, -0.1) is 0 Å². The molecule has 2 rings (SSSR count). The van der Waals surface area contributed by atoms with E-state index in [1.165, 1.54) is 0 Å². The first-order valence-corrected chi connectivity index (χ1v) is 4.44. The minimum absolute atomic E-state index is 0.0276. The molecule has 1 aliphatic rings. The second-order valence-electron chi connectivity index (χ2n) is 3.13. The van der Waals surface area contributed by atoms with Crippen LogP contribution in [0.4, 0.5) is 0 Å². The van der Waals surface area contributed by atoms with E-state index < -0.39 is 6.02 Å². The van der Waals surface area contributed by atoms with Crippen molar-refractivity contribution in [2.24, 2.45) is 0 Å². The highest BCUT2D eigenvalue weighted by atomic mass is 16.7. The van der Waals surface area contributed by atoms with Gasteiger partial charge < -0.3 is 14.8 Å². The Bertz CT molecular complexity index is 491. The summed E-state index contributed by atoms with van der Waals surface area (Å²) in [5.74, 6) is 0.364. The van der Waals surface area contributed by atoms with Gasteiger partial charge in [-0.1, -0.05) is 6.04 Å². The fraction of sp³-hybridized carbons (Fsp3) is 0.455. The molecule has 14 heavy (non-hydrogen) atoms. The first-order chi connectivity index (χ1) is 8.37. The number of likely N-dealkylation sites (N-methyl/N-ethyl adjacent to an activating group) is 1. The molecule has 0 radical (unpaired) electrons. The molecule has 0 spiro atoms. The maximum atomic E-state index is 8.00. The molecular weight excluding hydrogens is 178 g/mol. The average molecular weight is 197 g/mol. The maximum Gasteiger partial charge on any atom is 0.231 e. The van der Waals surface area contributed by atoms with Crippen LogP contribution in [0.15, 0.2) is 18.1 Å². The van der Waals surface area contributed by atoms with E-state index in [0.717, 1.165) is 0 Å². The largest absolute Gasteiger partial charge is 0.454 e. The van der Waals surface area contributed by atoms with Gasteiger partial charge in [-0.05, 0) is 38.0 Å². The SMILES string of the molecule is [2H]c1c([2H])c2c(c([2H])c1CC([2H])(C)NC)OCO2. The molecule has 0 saturated heterocycles. The lowest BCUT2D eigenvalue weighted by Crippen LogP contribution is -2.23. The van der Waals surface area contributed by atoms with Gasteiger partial charge in [0.25, 0.3) is 0 Å². The molecule has 1 atom stereocenters. The summed E-state index contributed by atoms with van der Waals surface area (Å²) in [4.78, 5) is 0. The molecule has 76 valence electrons. The third-order valence-corrected chi connectivity index (χ3v) is 2.07. The predicted octanol–water partition coefficient (Wildman–Crippen LogP) is 1.57. The molecule has 0 aliphatic carbocycles. The van der Waals surface area contributed by atoms with Crippen LogP contribution >= 0.6 is 0 Å². The van der Waals surface area contributed by atoms with Crippen LogP contribution in [0.2, 0.25) is 0 Å². The summed E-state index contributed by atoms with van der Waals surface area (Å²) in [6.07, 6.45) is 0.156. The Hall–Kier alpha value is -1.22. The summed E-state index contributed by atoms with van der Waals surface area (Å²) < 4.78 is 41.9. The van der Waals surface area contributed by atoms with Crippen LogP contribution in [-0.4, -0.2) is 19.9 Å². The minimum atomic E-state index is -0.994. The lowest BCUT2D eigenvalue weighted by atomic mass is 10.1. The molecule has 0 fully saturated rings. The Kier molecular flexibility index (Phi) is 1.56. The zero-order valence-corrected chi connectivity index (χ0v) is 8.23. The maximum absolute atomic E-state index is 8.00. The summed E-state index contributed by atoms with van der Waals surface area (Å²) in [6, 6.07) is -1.11. The van der Waals surface area contributed by atoms with Gasteiger partial charge in [-0.25, -0.2) is 0 Å². The molecule has 1 aromatic carbocycles. The third-order valence-electron chi connectivity index (χ3n) is 2.07. The molecule has 1 N–H and O–H groups in total. The van der Waals surface area contributed by atoms with E-state index in [4.69, 9.17) is 15.0 Å². The molecule has 1 heterocycles. The summed E-state index contributed by atoms with van der Waals surface area (Å²) in [5.41, 5.74) is 0.330. The van der Waals surface area contributed by atoms with Crippen molar-refractivity contribution in [3.63, 3.8) is 0 Å². The molecule has 1 unspecified atom stereocenters. The van der Waals surface area contributed by atoms with Gasteiger partial charge in [0.05, 0.1) is 4.11 Å². The molecule has 1 aliphatic heterocycles. The van der Waals surface area contributed by atoms with Crippen molar-refractivity contribution in [2.75, 3.05) is 13.8 Å². The van der Waals surface area contributed by atoms with Gasteiger partial charge in [0.15, 0.2) is 11.5 Å². The zero-order valence-electron chi connectivity index (χ0n) is 12.2. The second-order valence-corrected chi connectivity index (χ2v) is 3.13. The molecule has 3 heteroatoms. The van der Waals surface area contributed by atoms with E-state index >= 15 is 0 Å². The quantitative estimate of drug-likeness (QED) is 0.797. The topological polar surface area (TPSA) is 30.5 Å². The van der Waals surface area contributed by atoms with Crippen LogP contribution in [0.3, 0.4) is 0 Å². The Morgan fingerprint density at radius 1 is 1.57 bits per heavy atom. The van der Waals surface area contributed by atoms with Crippen molar-refractivity contribution in [3.8, 4) is 11.5 Å².